The normalized spacial score (nSPS) is 11.1. The van der Waals surface area contributed by atoms with Crippen molar-refractivity contribution >= 4 is 11.9 Å². The number of aryl methyl sites for hydroxylation is 1. The van der Waals surface area contributed by atoms with Crippen LogP contribution in [0, 0.1) is 13.8 Å². The fraction of sp³-hybridized carbons (Fsp3) is 0.217. The molecule has 0 saturated carbocycles. The zero-order chi connectivity index (χ0) is 19.1. The number of hydrogen-bond acceptors (Lipinski definition) is 3. The van der Waals surface area contributed by atoms with E-state index < -0.39 is 0 Å². The molecule has 0 amide bonds. The van der Waals surface area contributed by atoms with Crippen LogP contribution in [0.3, 0.4) is 0 Å². The molecule has 3 rings (SSSR count). The molecule has 0 unspecified atom stereocenters. The molecule has 0 spiro atoms. The first kappa shape index (κ1) is 18.8. The van der Waals surface area contributed by atoms with Crippen molar-refractivity contribution in [1.29, 1.82) is 0 Å². The highest BCUT2D eigenvalue weighted by Gasteiger charge is 2.08. The van der Waals surface area contributed by atoms with Gasteiger partial charge in [0.1, 0.15) is 5.71 Å². The Morgan fingerprint density at radius 2 is 1.56 bits per heavy atom. The Morgan fingerprint density at radius 3 is 2.11 bits per heavy atom. The van der Waals surface area contributed by atoms with Gasteiger partial charge in [0.05, 0.1) is 12.8 Å². The third kappa shape index (κ3) is 4.60. The summed E-state index contributed by atoms with van der Waals surface area (Å²) < 4.78 is 7.44. The first-order chi connectivity index (χ1) is 13.2. The predicted molar refractivity (Wildman–Crippen MR) is 112 cm³/mol. The standard InChI is InChI=1S/C23H25N3O/c1-18-16-22(19(2)26(18)14-15-27-3)17-24-25-23(20-10-6-4-7-11-20)21-12-8-5-9-13-21/h4-13,16-17H,14-15H2,1-3H3. The molecule has 0 radical (unpaired) electrons. The minimum Gasteiger partial charge on any atom is -0.383 e. The maximum absolute atomic E-state index is 5.20. The second-order valence-electron chi connectivity index (χ2n) is 6.40. The minimum absolute atomic E-state index is 0.692. The van der Waals surface area contributed by atoms with Gasteiger partial charge in [-0.1, -0.05) is 60.7 Å². The molecule has 0 atom stereocenters. The molecule has 4 heteroatoms. The van der Waals surface area contributed by atoms with Crippen LogP contribution in [0.25, 0.3) is 0 Å². The van der Waals surface area contributed by atoms with Gasteiger partial charge in [-0.05, 0) is 19.9 Å². The highest BCUT2D eigenvalue weighted by molar-refractivity contribution is 6.12. The van der Waals surface area contributed by atoms with E-state index in [0.717, 1.165) is 28.9 Å². The van der Waals surface area contributed by atoms with E-state index >= 15 is 0 Å². The Bertz CT molecular complexity index is 884. The summed E-state index contributed by atoms with van der Waals surface area (Å²) >= 11 is 0. The number of nitrogens with zero attached hydrogens (tertiary/aromatic N) is 3. The molecule has 0 fully saturated rings. The molecule has 0 aliphatic heterocycles. The van der Waals surface area contributed by atoms with Gasteiger partial charge in [-0.2, -0.15) is 5.10 Å². The van der Waals surface area contributed by atoms with E-state index in [4.69, 9.17) is 4.74 Å². The Morgan fingerprint density at radius 1 is 0.963 bits per heavy atom. The first-order valence-electron chi connectivity index (χ1n) is 9.08. The molecule has 138 valence electrons. The van der Waals surface area contributed by atoms with Crippen LogP contribution in [-0.4, -0.2) is 30.2 Å². The molecular weight excluding hydrogens is 334 g/mol. The second kappa shape index (κ2) is 9.10. The van der Waals surface area contributed by atoms with Crippen molar-refractivity contribution < 1.29 is 4.74 Å². The van der Waals surface area contributed by atoms with Gasteiger partial charge >= 0.3 is 0 Å². The molecular formula is C23H25N3O. The van der Waals surface area contributed by atoms with Gasteiger partial charge in [0, 0.05) is 41.7 Å². The van der Waals surface area contributed by atoms with Crippen molar-refractivity contribution in [2.75, 3.05) is 13.7 Å². The van der Waals surface area contributed by atoms with Crippen molar-refractivity contribution in [1.82, 2.24) is 4.57 Å². The number of ether oxygens (including phenoxy) is 1. The molecule has 3 aromatic rings. The average molecular weight is 359 g/mol. The van der Waals surface area contributed by atoms with E-state index in [1.165, 1.54) is 11.4 Å². The molecule has 1 aromatic heterocycles. The molecule has 27 heavy (non-hydrogen) atoms. The van der Waals surface area contributed by atoms with Gasteiger partial charge in [-0.3, -0.25) is 0 Å². The van der Waals surface area contributed by atoms with E-state index in [2.05, 4.69) is 58.9 Å². The fourth-order valence-electron chi connectivity index (χ4n) is 3.11. The molecule has 4 nitrogen and oxygen atoms in total. The van der Waals surface area contributed by atoms with E-state index in [0.29, 0.717) is 6.61 Å². The summed E-state index contributed by atoms with van der Waals surface area (Å²) in [6.45, 7) is 5.73. The minimum atomic E-state index is 0.692. The van der Waals surface area contributed by atoms with E-state index in [-0.39, 0.29) is 0 Å². The molecule has 0 bridgehead atoms. The van der Waals surface area contributed by atoms with Crippen LogP contribution < -0.4 is 0 Å². The van der Waals surface area contributed by atoms with Gasteiger partial charge in [-0.25, -0.2) is 0 Å². The molecule has 0 saturated heterocycles. The lowest BCUT2D eigenvalue weighted by Crippen LogP contribution is -2.07. The number of aromatic nitrogens is 1. The molecule has 2 aromatic carbocycles. The summed E-state index contributed by atoms with van der Waals surface area (Å²) in [4.78, 5) is 0. The highest BCUT2D eigenvalue weighted by atomic mass is 16.5. The van der Waals surface area contributed by atoms with Gasteiger partial charge in [-0.15, -0.1) is 5.10 Å². The van der Waals surface area contributed by atoms with Crippen molar-refractivity contribution in [3.63, 3.8) is 0 Å². The third-order valence-corrected chi connectivity index (χ3v) is 4.58. The van der Waals surface area contributed by atoms with Gasteiger partial charge in [0.15, 0.2) is 0 Å². The maximum Gasteiger partial charge on any atom is 0.100 e. The second-order valence-corrected chi connectivity index (χ2v) is 6.40. The van der Waals surface area contributed by atoms with Crippen LogP contribution in [0.2, 0.25) is 0 Å². The van der Waals surface area contributed by atoms with Gasteiger partial charge in [0.25, 0.3) is 0 Å². The summed E-state index contributed by atoms with van der Waals surface area (Å²) in [5.41, 5.74) is 6.40. The van der Waals surface area contributed by atoms with E-state index in [1.54, 1.807) is 7.11 Å². The van der Waals surface area contributed by atoms with Crippen LogP contribution in [0.5, 0.6) is 0 Å². The van der Waals surface area contributed by atoms with Gasteiger partial charge < -0.3 is 9.30 Å². The predicted octanol–water partition coefficient (Wildman–Crippen LogP) is 4.62. The fourth-order valence-corrected chi connectivity index (χ4v) is 3.11. The average Bonchev–Trinajstić information content (AvgIpc) is 2.98. The Hall–Kier alpha value is -2.98. The SMILES string of the molecule is COCCn1c(C)cc(C=NN=C(c2ccccc2)c2ccccc2)c1C. The summed E-state index contributed by atoms with van der Waals surface area (Å²) in [5, 5.41) is 8.96. The zero-order valence-electron chi connectivity index (χ0n) is 16.1. The van der Waals surface area contributed by atoms with Crippen LogP contribution in [0.15, 0.2) is 76.9 Å². The monoisotopic (exact) mass is 359 g/mol. The lowest BCUT2D eigenvalue weighted by molar-refractivity contribution is 0.186. The van der Waals surface area contributed by atoms with E-state index in [9.17, 15) is 0 Å². The number of benzene rings is 2. The van der Waals surface area contributed by atoms with Crippen molar-refractivity contribution in [3.05, 3.63) is 94.8 Å². The third-order valence-electron chi connectivity index (χ3n) is 4.58. The van der Waals surface area contributed by atoms with Crippen LogP contribution >= 0.6 is 0 Å². The quantitative estimate of drug-likeness (QED) is 0.448. The lowest BCUT2D eigenvalue weighted by atomic mass is 10.0. The van der Waals surface area contributed by atoms with E-state index in [1.807, 2.05) is 42.6 Å². The smallest absolute Gasteiger partial charge is 0.100 e. The number of methoxy groups -OCH3 is 1. The molecule has 0 aliphatic carbocycles. The summed E-state index contributed by atoms with van der Waals surface area (Å²) in [7, 11) is 1.72. The molecule has 0 aliphatic rings. The summed E-state index contributed by atoms with van der Waals surface area (Å²) in [6.07, 6.45) is 1.83. The van der Waals surface area contributed by atoms with Crippen molar-refractivity contribution in [2.24, 2.45) is 10.2 Å². The van der Waals surface area contributed by atoms with Crippen LogP contribution in [0.4, 0.5) is 0 Å². The van der Waals surface area contributed by atoms with Crippen molar-refractivity contribution in [2.45, 2.75) is 20.4 Å². The summed E-state index contributed by atoms with van der Waals surface area (Å²) in [5.74, 6) is 0. The van der Waals surface area contributed by atoms with Crippen molar-refractivity contribution in [3.8, 4) is 0 Å². The zero-order valence-corrected chi connectivity index (χ0v) is 16.1. The molecule has 0 N–H and O–H groups in total. The van der Waals surface area contributed by atoms with Crippen LogP contribution in [0.1, 0.15) is 28.1 Å². The highest BCUT2D eigenvalue weighted by Crippen LogP contribution is 2.14. The van der Waals surface area contributed by atoms with Crippen LogP contribution in [-0.2, 0) is 11.3 Å². The lowest BCUT2D eigenvalue weighted by Gasteiger charge is -2.08. The largest absolute Gasteiger partial charge is 0.383 e. The Labute approximate surface area is 160 Å². The number of rotatable bonds is 7. The Kier molecular flexibility index (Phi) is 6.34. The Balaban J connectivity index is 1.91. The number of hydrogen-bond donors (Lipinski definition) is 0. The first-order valence-corrected chi connectivity index (χ1v) is 9.08. The topological polar surface area (TPSA) is 38.9 Å². The maximum atomic E-state index is 5.20. The molecule has 1 heterocycles. The van der Waals surface area contributed by atoms with Gasteiger partial charge in [0.2, 0.25) is 0 Å². The summed E-state index contributed by atoms with van der Waals surface area (Å²) in [6, 6.07) is 22.4.